The molecule has 0 aliphatic carbocycles. The number of Topliss-reactive ketones (excluding diaryl/α,β-unsaturated/α-hetero) is 1. The molecule has 0 aliphatic rings. The number of aromatic nitrogens is 2. The van der Waals surface area contributed by atoms with Crippen molar-refractivity contribution in [3.8, 4) is 0 Å². The van der Waals surface area contributed by atoms with Gasteiger partial charge in [-0.3, -0.25) is 14.6 Å². The Morgan fingerprint density at radius 1 is 1.22 bits per heavy atom. The lowest BCUT2D eigenvalue weighted by Crippen LogP contribution is -2.20. The van der Waals surface area contributed by atoms with Crippen LogP contribution in [0.5, 0.6) is 0 Å². The SMILES string of the molecule is O=C(C=c1[nH]c(=O)c(=Cc2cccnc2)s1)c1ccc(Cl)cc1. The molecule has 1 N–H and O–H groups in total. The highest BCUT2D eigenvalue weighted by Crippen LogP contribution is 2.10. The third-order valence-corrected chi connectivity index (χ3v) is 4.27. The number of benzene rings is 1. The van der Waals surface area contributed by atoms with Crippen LogP contribution in [0.2, 0.25) is 5.02 Å². The molecular weight excluding hydrogens is 332 g/mol. The number of halogens is 1. The minimum atomic E-state index is -0.228. The number of carbonyl (C=O) groups is 1. The Kier molecular flexibility index (Phi) is 4.50. The molecule has 0 spiro atoms. The van der Waals surface area contributed by atoms with E-state index in [0.717, 1.165) is 5.56 Å². The van der Waals surface area contributed by atoms with Crippen molar-refractivity contribution in [1.29, 1.82) is 0 Å². The highest BCUT2D eigenvalue weighted by molar-refractivity contribution is 7.07. The lowest BCUT2D eigenvalue weighted by molar-refractivity contribution is 0.106. The molecule has 0 fully saturated rings. The Labute approximate surface area is 140 Å². The highest BCUT2D eigenvalue weighted by Gasteiger charge is 2.03. The molecule has 114 valence electrons. The fourth-order valence-electron chi connectivity index (χ4n) is 1.95. The number of carbonyl (C=O) groups excluding carboxylic acids is 1. The molecule has 2 heterocycles. The van der Waals surface area contributed by atoms with Crippen molar-refractivity contribution in [2.45, 2.75) is 0 Å². The van der Waals surface area contributed by atoms with Crippen LogP contribution in [0.1, 0.15) is 15.9 Å². The first-order valence-corrected chi connectivity index (χ1v) is 7.94. The Bertz CT molecular complexity index is 1010. The topological polar surface area (TPSA) is 62.8 Å². The Morgan fingerprint density at radius 2 is 2.00 bits per heavy atom. The number of nitrogens with zero attached hydrogens (tertiary/aromatic N) is 1. The van der Waals surface area contributed by atoms with Gasteiger partial charge in [-0.1, -0.05) is 17.7 Å². The van der Waals surface area contributed by atoms with Gasteiger partial charge >= 0.3 is 0 Å². The van der Waals surface area contributed by atoms with E-state index in [1.807, 2.05) is 6.07 Å². The second-order valence-electron chi connectivity index (χ2n) is 4.73. The van der Waals surface area contributed by atoms with Crippen molar-refractivity contribution >= 4 is 40.9 Å². The number of H-pyrrole nitrogens is 1. The van der Waals surface area contributed by atoms with Crippen LogP contribution in [0, 0.1) is 0 Å². The van der Waals surface area contributed by atoms with Crippen molar-refractivity contribution in [1.82, 2.24) is 9.97 Å². The van der Waals surface area contributed by atoms with Crippen LogP contribution in [0.15, 0.2) is 53.6 Å². The van der Waals surface area contributed by atoms with Gasteiger partial charge in [0.2, 0.25) is 0 Å². The molecule has 0 saturated carbocycles. The summed E-state index contributed by atoms with van der Waals surface area (Å²) in [6, 6.07) is 10.3. The average Bonchev–Trinajstić information content (AvgIpc) is 2.88. The lowest BCUT2D eigenvalue weighted by atomic mass is 10.1. The van der Waals surface area contributed by atoms with Crippen LogP contribution < -0.4 is 14.8 Å². The van der Waals surface area contributed by atoms with Crippen molar-refractivity contribution in [2.24, 2.45) is 0 Å². The molecular formula is C17H11ClN2O2S. The molecule has 0 saturated heterocycles. The van der Waals surface area contributed by atoms with Gasteiger partial charge in [-0.2, -0.15) is 0 Å². The number of aromatic amines is 1. The van der Waals surface area contributed by atoms with Crippen molar-refractivity contribution < 1.29 is 4.79 Å². The maximum atomic E-state index is 12.2. The van der Waals surface area contributed by atoms with E-state index in [1.54, 1.807) is 48.8 Å². The standard InChI is InChI=1S/C17H11ClN2O2S/c18-13-5-3-12(4-6-13)14(21)9-16-20-17(22)15(23-16)8-11-2-1-7-19-10-11/h1-10H,(H,20,22). The first-order chi connectivity index (χ1) is 11.1. The molecule has 0 unspecified atom stereocenters. The van der Waals surface area contributed by atoms with Crippen LogP contribution in [-0.4, -0.2) is 15.8 Å². The molecule has 1 aromatic carbocycles. The molecule has 3 aromatic rings. The molecule has 2 aromatic heterocycles. The average molecular weight is 343 g/mol. The minimum Gasteiger partial charge on any atom is -0.313 e. The van der Waals surface area contributed by atoms with E-state index >= 15 is 0 Å². The summed E-state index contributed by atoms with van der Waals surface area (Å²) in [5.41, 5.74) is 1.12. The number of thiazole rings is 1. The number of rotatable bonds is 3. The molecule has 4 nitrogen and oxygen atoms in total. The molecule has 0 aliphatic heterocycles. The number of pyridine rings is 1. The zero-order chi connectivity index (χ0) is 16.2. The minimum absolute atomic E-state index is 0.188. The third-order valence-electron chi connectivity index (χ3n) is 3.05. The maximum absolute atomic E-state index is 12.2. The van der Waals surface area contributed by atoms with Gasteiger partial charge in [0.05, 0.1) is 9.20 Å². The zero-order valence-electron chi connectivity index (χ0n) is 11.8. The van der Waals surface area contributed by atoms with Gasteiger partial charge in [0, 0.05) is 29.1 Å². The summed E-state index contributed by atoms with van der Waals surface area (Å²) in [5, 5.41) is 0.569. The zero-order valence-corrected chi connectivity index (χ0v) is 13.4. The summed E-state index contributed by atoms with van der Waals surface area (Å²) < 4.78 is 1.03. The van der Waals surface area contributed by atoms with E-state index in [2.05, 4.69) is 9.97 Å². The van der Waals surface area contributed by atoms with E-state index < -0.39 is 0 Å². The van der Waals surface area contributed by atoms with Gasteiger partial charge in [0.1, 0.15) is 0 Å². The second-order valence-corrected chi connectivity index (χ2v) is 6.25. The van der Waals surface area contributed by atoms with Crippen molar-refractivity contribution in [3.63, 3.8) is 0 Å². The van der Waals surface area contributed by atoms with Gasteiger partial charge in [-0.25, -0.2) is 0 Å². The Morgan fingerprint density at radius 3 is 2.70 bits per heavy atom. The van der Waals surface area contributed by atoms with Gasteiger partial charge < -0.3 is 4.98 Å². The summed E-state index contributed by atoms with van der Waals surface area (Å²) in [5.74, 6) is -0.188. The van der Waals surface area contributed by atoms with Gasteiger partial charge in [0.15, 0.2) is 5.78 Å². The fraction of sp³-hybridized carbons (Fsp3) is 0. The predicted octanol–water partition coefficient (Wildman–Crippen LogP) is 1.98. The molecule has 23 heavy (non-hydrogen) atoms. The summed E-state index contributed by atoms with van der Waals surface area (Å²) in [4.78, 5) is 30.8. The van der Waals surface area contributed by atoms with Gasteiger partial charge in [0.25, 0.3) is 5.56 Å². The molecule has 0 radical (unpaired) electrons. The van der Waals surface area contributed by atoms with Crippen LogP contribution in [0.4, 0.5) is 0 Å². The molecule has 0 amide bonds. The summed E-state index contributed by atoms with van der Waals surface area (Å²) in [6.45, 7) is 0. The summed E-state index contributed by atoms with van der Waals surface area (Å²) in [6.07, 6.45) is 6.48. The molecule has 6 heteroatoms. The van der Waals surface area contributed by atoms with Crippen LogP contribution >= 0.6 is 22.9 Å². The number of ketones is 1. The summed E-state index contributed by atoms with van der Waals surface area (Å²) in [7, 11) is 0. The fourth-order valence-corrected chi connectivity index (χ4v) is 2.96. The Hall–Kier alpha value is -2.50. The van der Waals surface area contributed by atoms with E-state index in [-0.39, 0.29) is 11.3 Å². The Balaban J connectivity index is 1.97. The molecule has 0 atom stereocenters. The van der Waals surface area contributed by atoms with Crippen molar-refractivity contribution in [3.05, 3.63) is 84.5 Å². The van der Waals surface area contributed by atoms with E-state index in [1.165, 1.54) is 17.4 Å². The smallest absolute Gasteiger partial charge is 0.266 e. The highest BCUT2D eigenvalue weighted by atomic mass is 35.5. The third kappa shape index (κ3) is 3.83. The number of hydrogen-bond acceptors (Lipinski definition) is 4. The summed E-state index contributed by atoms with van der Waals surface area (Å²) >= 11 is 7.03. The first kappa shape index (κ1) is 15.4. The molecule has 0 bridgehead atoms. The number of nitrogens with one attached hydrogen (secondary N) is 1. The first-order valence-electron chi connectivity index (χ1n) is 6.74. The van der Waals surface area contributed by atoms with E-state index in [0.29, 0.717) is 19.8 Å². The van der Waals surface area contributed by atoms with Crippen molar-refractivity contribution in [2.75, 3.05) is 0 Å². The van der Waals surface area contributed by atoms with E-state index in [9.17, 15) is 9.59 Å². The van der Waals surface area contributed by atoms with E-state index in [4.69, 9.17) is 11.6 Å². The van der Waals surface area contributed by atoms with Crippen LogP contribution in [0.25, 0.3) is 12.2 Å². The number of hydrogen-bond donors (Lipinski definition) is 1. The lowest BCUT2D eigenvalue weighted by Gasteiger charge is -1.94. The monoisotopic (exact) mass is 342 g/mol. The largest absolute Gasteiger partial charge is 0.313 e. The van der Waals surface area contributed by atoms with Gasteiger partial charge in [-0.05, 0) is 42.0 Å². The second kappa shape index (κ2) is 6.73. The normalized spacial score (nSPS) is 12.6. The predicted molar refractivity (Wildman–Crippen MR) is 92.2 cm³/mol. The van der Waals surface area contributed by atoms with Crippen LogP contribution in [0.3, 0.4) is 0 Å². The molecule has 3 rings (SSSR count). The quantitative estimate of drug-likeness (QED) is 0.740. The maximum Gasteiger partial charge on any atom is 0.266 e. The van der Waals surface area contributed by atoms with Gasteiger partial charge in [-0.15, -0.1) is 11.3 Å². The van der Waals surface area contributed by atoms with Crippen LogP contribution in [-0.2, 0) is 0 Å².